The van der Waals surface area contributed by atoms with Crippen LogP contribution >= 0.6 is 0 Å². The van der Waals surface area contributed by atoms with Crippen LogP contribution < -0.4 is 10.6 Å². The molecule has 0 atom stereocenters. The fourth-order valence-electron chi connectivity index (χ4n) is 2.44. The molecule has 0 saturated carbocycles. The van der Waals surface area contributed by atoms with Crippen LogP contribution in [-0.2, 0) is 12.6 Å². The van der Waals surface area contributed by atoms with Gasteiger partial charge in [-0.25, -0.2) is 9.97 Å². The number of aromatic nitrogens is 2. The third-order valence-electron chi connectivity index (χ3n) is 3.98. The third kappa shape index (κ3) is 4.85. The van der Waals surface area contributed by atoms with E-state index < -0.39 is 17.6 Å². The van der Waals surface area contributed by atoms with Crippen LogP contribution in [0.1, 0.15) is 28.5 Å². The Kier molecular flexibility index (Phi) is 5.58. The number of hydrogen-bond donors (Lipinski definition) is 2. The number of alkyl halides is 3. The highest BCUT2D eigenvalue weighted by Gasteiger charge is 2.30. The van der Waals surface area contributed by atoms with Gasteiger partial charge in [0.15, 0.2) is 0 Å². The summed E-state index contributed by atoms with van der Waals surface area (Å²) in [6, 6.07) is 13.3. The molecule has 0 bridgehead atoms. The summed E-state index contributed by atoms with van der Waals surface area (Å²) in [6.45, 7) is 2.06. The van der Waals surface area contributed by atoms with Gasteiger partial charge >= 0.3 is 6.18 Å². The van der Waals surface area contributed by atoms with Gasteiger partial charge in [0.1, 0.15) is 5.69 Å². The van der Waals surface area contributed by atoms with Crippen molar-refractivity contribution in [1.82, 2.24) is 9.97 Å². The van der Waals surface area contributed by atoms with Crippen LogP contribution in [0.2, 0.25) is 0 Å². The SMILES string of the molecule is CCc1ccc(Nc2nccc(C(=O)Nc3ccc(C(F)(F)F)cc3)n2)cc1. The molecule has 1 aromatic heterocycles. The summed E-state index contributed by atoms with van der Waals surface area (Å²) >= 11 is 0. The lowest BCUT2D eigenvalue weighted by Crippen LogP contribution is -2.15. The monoisotopic (exact) mass is 386 g/mol. The van der Waals surface area contributed by atoms with E-state index in [9.17, 15) is 18.0 Å². The number of hydrogen-bond acceptors (Lipinski definition) is 4. The standard InChI is InChI=1S/C20H17F3N4O/c1-2-13-3-7-16(8-4-13)26-19-24-12-11-17(27-19)18(28)25-15-9-5-14(6-10-15)20(21,22)23/h3-12H,2H2,1H3,(H,25,28)(H,24,26,27). The van der Waals surface area contributed by atoms with E-state index in [-0.39, 0.29) is 17.3 Å². The fourth-order valence-corrected chi connectivity index (χ4v) is 2.44. The number of anilines is 3. The van der Waals surface area contributed by atoms with Gasteiger partial charge in [0.2, 0.25) is 5.95 Å². The third-order valence-corrected chi connectivity index (χ3v) is 3.98. The highest BCUT2D eigenvalue weighted by atomic mass is 19.4. The number of halogens is 3. The quantitative estimate of drug-likeness (QED) is 0.644. The second kappa shape index (κ2) is 8.08. The maximum absolute atomic E-state index is 12.6. The van der Waals surface area contributed by atoms with Crippen LogP contribution in [0.4, 0.5) is 30.5 Å². The van der Waals surface area contributed by atoms with E-state index in [1.54, 1.807) is 0 Å². The molecule has 2 N–H and O–H groups in total. The van der Waals surface area contributed by atoms with Crippen molar-refractivity contribution in [2.24, 2.45) is 0 Å². The number of rotatable bonds is 5. The first kappa shape index (κ1) is 19.3. The van der Waals surface area contributed by atoms with Gasteiger partial charge in [-0.3, -0.25) is 4.79 Å². The number of benzene rings is 2. The number of aryl methyl sites for hydroxylation is 1. The van der Waals surface area contributed by atoms with Gasteiger partial charge in [0, 0.05) is 17.6 Å². The summed E-state index contributed by atoms with van der Waals surface area (Å²) in [7, 11) is 0. The molecule has 0 fully saturated rings. The molecule has 0 aliphatic heterocycles. The Balaban J connectivity index is 1.69. The second-order valence-electron chi connectivity index (χ2n) is 5.97. The van der Waals surface area contributed by atoms with Crippen LogP contribution in [0, 0.1) is 0 Å². The molecule has 8 heteroatoms. The molecule has 0 aliphatic rings. The Morgan fingerprint density at radius 2 is 1.61 bits per heavy atom. The van der Waals surface area contributed by atoms with E-state index in [0.29, 0.717) is 0 Å². The summed E-state index contributed by atoms with van der Waals surface area (Å²) in [5, 5.41) is 5.53. The molecule has 1 amide bonds. The molecule has 28 heavy (non-hydrogen) atoms. The molecular weight excluding hydrogens is 369 g/mol. The molecule has 0 radical (unpaired) electrons. The van der Waals surface area contributed by atoms with Crippen molar-refractivity contribution >= 4 is 23.2 Å². The van der Waals surface area contributed by atoms with Gasteiger partial charge in [-0.2, -0.15) is 13.2 Å². The molecule has 0 aliphatic carbocycles. The number of amides is 1. The highest BCUT2D eigenvalue weighted by molar-refractivity contribution is 6.03. The maximum atomic E-state index is 12.6. The normalized spacial score (nSPS) is 11.1. The molecule has 1 heterocycles. The number of nitrogens with zero attached hydrogens (tertiary/aromatic N) is 2. The summed E-state index contributed by atoms with van der Waals surface area (Å²) in [4.78, 5) is 20.6. The second-order valence-corrected chi connectivity index (χ2v) is 5.97. The molecular formula is C20H17F3N4O. The number of carbonyl (C=O) groups is 1. The largest absolute Gasteiger partial charge is 0.416 e. The Labute approximate surface area is 159 Å². The van der Waals surface area contributed by atoms with Crippen LogP contribution in [0.15, 0.2) is 60.8 Å². The van der Waals surface area contributed by atoms with E-state index in [2.05, 4.69) is 27.5 Å². The highest BCUT2D eigenvalue weighted by Crippen LogP contribution is 2.29. The smallest absolute Gasteiger partial charge is 0.324 e. The van der Waals surface area contributed by atoms with Gasteiger partial charge < -0.3 is 10.6 Å². The Morgan fingerprint density at radius 1 is 0.964 bits per heavy atom. The average molecular weight is 386 g/mol. The molecule has 144 valence electrons. The van der Waals surface area contributed by atoms with Gasteiger partial charge in [-0.15, -0.1) is 0 Å². The zero-order chi connectivity index (χ0) is 20.1. The summed E-state index contributed by atoms with van der Waals surface area (Å²) in [6.07, 6.45) is -2.07. The van der Waals surface area contributed by atoms with E-state index in [0.717, 1.165) is 24.2 Å². The van der Waals surface area contributed by atoms with E-state index in [1.807, 2.05) is 24.3 Å². The van der Waals surface area contributed by atoms with Gasteiger partial charge in [-0.05, 0) is 54.4 Å². The van der Waals surface area contributed by atoms with Crippen molar-refractivity contribution in [1.29, 1.82) is 0 Å². The molecule has 0 unspecified atom stereocenters. The van der Waals surface area contributed by atoms with Crippen LogP contribution in [0.25, 0.3) is 0 Å². The topological polar surface area (TPSA) is 66.9 Å². The molecule has 0 saturated heterocycles. The first-order valence-corrected chi connectivity index (χ1v) is 8.53. The van der Waals surface area contributed by atoms with Gasteiger partial charge in [0.05, 0.1) is 5.56 Å². The molecule has 2 aromatic carbocycles. The zero-order valence-corrected chi connectivity index (χ0v) is 14.9. The van der Waals surface area contributed by atoms with E-state index >= 15 is 0 Å². The zero-order valence-electron chi connectivity index (χ0n) is 14.9. The average Bonchev–Trinajstić information content (AvgIpc) is 2.68. The predicted molar refractivity (Wildman–Crippen MR) is 101 cm³/mol. The van der Waals surface area contributed by atoms with Crippen molar-refractivity contribution < 1.29 is 18.0 Å². The fraction of sp³-hybridized carbons (Fsp3) is 0.150. The molecule has 0 spiro atoms. The van der Waals surface area contributed by atoms with Gasteiger partial charge in [0.25, 0.3) is 5.91 Å². The minimum absolute atomic E-state index is 0.0857. The van der Waals surface area contributed by atoms with Crippen LogP contribution in [0.5, 0.6) is 0 Å². The molecule has 5 nitrogen and oxygen atoms in total. The van der Waals surface area contributed by atoms with Crippen molar-refractivity contribution in [3.8, 4) is 0 Å². The lowest BCUT2D eigenvalue weighted by atomic mass is 10.1. The number of carbonyl (C=O) groups excluding carboxylic acids is 1. The Morgan fingerprint density at radius 3 is 2.21 bits per heavy atom. The van der Waals surface area contributed by atoms with E-state index in [4.69, 9.17) is 0 Å². The Hall–Kier alpha value is -3.42. The summed E-state index contributed by atoms with van der Waals surface area (Å²) in [5.74, 6) is -0.309. The summed E-state index contributed by atoms with van der Waals surface area (Å²) < 4.78 is 37.8. The van der Waals surface area contributed by atoms with Crippen LogP contribution in [-0.4, -0.2) is 15.9 Å². The predicted octanol–water partition coefficient (Wildman–Crippen LogP) is 5.05. The Bertz CT molecular complexity index is 954. The van der Waals surface area contributed by atoms with Crippen LogP contribution in [0.3, 0.4) is 0 Å². The minimum Gasteiger partial charge on any atom is -0.324 e. The van der Waals surface area contributed by atoms with E-state index in [1.165, 1.54) is 30.0 Å². The van der Waals surface area contributed by atoms with Crippen molar-refractivity contribution in [3.05, 3.63) is 77.6 Å². The first-order valence-electron chi connectivity index (χ1n) is 8.53. The van der Waals surface area contributed by atoms with Crippen molar-refractivity contribution in [2.75, 3.05) is 10.6 Å². The lowest BCUT2D eigenvalue weighted by Gasteiger charge is -2.09. The van der Waals surface area contributed by atoms with Crippen molar-refractivity contribution in [2.45, 2.75) is 19.5 Å². The van der Waals surface area contributed by atoms with Gasteiger partial charge in [-0.1, -0.05) is 19.1 Å². The summed E-state index contributed by atoms with van der Waals surface area (Å²) in [5.41, 5.74) is 1.51. The minimum atomic E-state index is -4.43. The number of nitrogens with one attached hydrogen (secondary N) is 2. The lowest BCUT2D eigenvalue weighted by molar-refractivity contribution is -0.137. The first-order chi connectivity index (χ1) is 13.3. The maximum Gasteiger partial charge on any atom is 0.416 e. The van der Waals surface area contributed by atoms with Crippen molar-refractivity contribution in [3.63, 3.8) is 0 Å². The molecule has 3 rings (SSSR count). The molecule has 3 aromatic rings.